The first-order chi connectivity index (χ1) is 7.33. The smallest absolute Gasteiger partial charge is 0.146 e. The normalized spacial score (nSPS) is 12.8. The minimum atomic E-state index is -0.451. The fraction of sp³-hybridized carbons (Fsp3) is 0.364. The number of benzene rings is 1. The zero-order chi connectivity index (χ0) is 12.3. The third kappa shape index (κ3) is 3.47. The van der Waals surface area contributed by atoms with Crippen molar-refractivity contribution in [2.24, 2.45) is 10.8 Å². The lowest BCUT2D eigenvalue weighted by Gasteiger charge is -2.16. The van der Waals surface area contributed by atoms with E-state index in [2.05, 4.69) is 10.4 Å². The van der Waals surface area contributed by atoms with E-state index in [1.165, 1.54) is 6.07 Å². The number of hydrogen-bond acceptors (Lipinski definition) is 2. The number of nitrogens with zero attached hydrogens (tertiary/aromatic N) is 1. The van der Waals surface area contributed by atoms with E-state index < -0.39 is 5.82 Å². The fourth-order valence-electron chi connectivity index (χ4n) is 1.19. The van der Waals surface area contributed by atoms with Gasteiger partial charge in [0, 0.05) is 5.02 Å². The molecule has 0 aliphatic rings. The van der Waals surface area contributed by atoms with E-state index in [1.807, 2.05) is 20.8 Å². The molecule has 0 amide bonds. The van der Waals surface area contributed by atoms with Crippen molar-refractivity contribution >= 4 is 17.4 Å². The van der Waals surface area contributed by atoms with E-state index in [9.17, 15) is 4.39 Å². The van der Waals surface area contributed by atoms with Crippen LogP contribution in [0.2, 0.25) is 5.02 Å². The second-order valence-electron chi connectivity index (χ2n) is 4.40. The summed E-state index contributed by atoms with van der Waals surface area (Å²) in [7, 11) is 0. The number of aliphatic imine (C=N–C) groups is 1. The molecule has 3 nitrogen and oxygen atoms in total. The molecule has 1 aromatic rings. The van der Waals surface area contributed by atoms with Crippen molar-refractivity contribution in [3.05, 3.63) is 34.6 Å². The molecule has 0 fully saturated rings. The highest BCUT2D eigenvalue weighted by Gasteiger charge is 2.14. The Hall–Kier alpha value is -1.13. The highest BCUT2D eigenvalue weighted by atomic mass is 35.5. The molecular formula is C11H15ClFN3. The topological polar surface area (TPSA) is 50.4 Å². The van der Waals surface area contributed by atoms with Crippen LogP contribution >= 0.6 is 11.6 Å². The van der Waals surface area contributed by atoms with Gasteiger partial charge in [-0.15, -0.1) is 0 Å². The average Bonchev–Trinajstić information content (AvgIpc) is 2.13. The molecule has 0 saturated carbocycles. The maximum atomic E-state index is 13.6. The molecule has 0 spiro atoms. The van der Waals surface area contributed by atoms with E-state index in [0.29, 0.717) is 16.4 Å². The lowest BCUT2D eigenvalue weighted by Crippen LogP contribution is -2.34. The van der Waals surface area contributed by atoms with Crippen molar-refractivity contribution in [2.75, 3.05) is 0 Å². The molecule has 0 aromatic heterocycles. The molecule has 88 valence electrons. The molecule has 1 aromatic carbocycles. The Morgan fingerprint density at radius 3 is 2.50 bits per heavy atom. The van der Waals surface area contributed by atoms with Crippen LogP contribution in [0.25, 0.3) is 0 Å². The van der Waals surface area contributed by atoms with Gasteiger partial charge in [0.05, 0.1) is 11.1 Å². The molecular weight excluding hydrogens is 229 g/mol. The Kier molecular flexibility index (Phi) is 3.88. The third-order valence-electron chi connectivity index (χ3n) is 1.77. The SMILES string of the molecule is CC(C)(C)N=C(NN)c1ccc(Cl)cc1F. The molecule has 0 aliphatic heterocycles. The van der Waals surface area contributed by atoms with E-state index in [1.54, 1.807) is 12.1 Å². The largest absolute Gasteiger partial charge is 0.308 e. The Bertz CT molecular complexity index is 410. The number of amidine groups is 1. The zero-order valence-electron chi connectivity index (χ0n) is 9.51. The number of rotatable bonds is 1. The molecule has 0 radical (unpaired) electrons. The summed E-state index contributed by atoms with van der Waals surface area (Å²) in [5.41, 5.74) is 2.37. The number of hydrogen-bond donors (Lipinski definition) is 2. The van der Waals surface area contributed by atoms with Crippen LogP contribution in [0.4, 0.5) is 4.39 Å². The van der Waals surface area contributed by atoms with E-state index >= 15 is 0 Å². The molecule has 5 heteroatoms. The molecule has 0 aliphatic carbocycles. The summed E-state index contributed by atoms with van der Waals surface area (Å²) in [6.07, 6.45) is 0. The van der Waals surface area contributed by atoms with Gasteiger partial charge in [-0.25, -0.2) is 10.2 Å². The lowest BCUT2D eigenvalue weighted by atomic mass is 10.1. The maximum Gasteiger partial charge on any atom is 0.146 e. The average molecular weight is 244 g/mol. The molecule has 0 atom stereocenters. The van der Waals surface area contributed by atoms with Gasteiger partial charge in [0.1, 0.15) is 11.7 Å². The van der Waals surface area contributed by atoms with Crippen molar-refractivity contribution in [3.63, 3.8) is 0 Å². The summed E-state index contributed by atoms with van der Waals surface area (Å²) >= 11 is 5.67. The first-order valence-corrected chi connectivity index (χ1v) is 5.23. The highest BCUT2D eigenvalue weighted by Crippen LogP contribution is 2.16. The van der Waals surface area contributed by atoms with Gasteiger partial charge in [0.15, 0.2) is 0 Å². The van der Waals surface area contributed by atoms with Gasteiger partial charge in [-0.05, 0) is 39.0 Å². The van der Waals surface area contributed by atoms with Gasteiger partial charge in [-0.2, -0.15) is 0 Å². The van der Waals surface area contributed by atoms with E-state index in [0.717, 1.165) is 0 Å². The van der Waals surface area contributed by atoms with Gasteiger partial charge < -0.3 is 5.43 Å². The number of hydrazine groups is 1. The van der Waals surface area contributed by atoms with Crippen LogP contribution in [0.5, 0.6) is 0 Å². The van der Waals surface area contributed by atoms with Gasteiger partial charge in [0.2, 0.25) is 0 Å². The minimum absolute atomic E-state index is 0.307. The van der Waals surface area contributed by atoms with Crippen molar-refractivity contribution in [3.8, 4) is 0 Å². The Morgan fingerprint density at radius 1 is 1.44 bits per heavy atom. The predicted octanol–water partition coefficient (Wildman–Crippen LogP) is 2.49. The molecule has 0 bridgehead atoms. The van der Waals surface area contributed by atoms with Gasteiger partial charge in [-0.3, -0.25) is 4.99 Å². The van der Waals surface area contributed by atoms with Crippen molar-refractivity contribution < 1.29 is 4.39 Å². The minimum Gasteiger partial charge on any atom is -0.308 e. The van der Waals surface area contributed by atoms with E-state index in [-0.39, 0.29) is 5.54 Å². The van der Waals surface area contributed by atoms with Gasteiger partial charge >= 0.3 is 0 Å². The Morgan fingerprint density at radius 2 is 2.06 bits per heavy atom. The van der Waals surface area contributed by atoms with Crippen molar-refractivity contribution in [1.82, 2.24) is 5.43 Å². The predicted molar refractivity (Wildman–Crippen MR) is 65.0 cm³/mol. The second-order valence-corrected chi connectivity index (χ2v) is 4.84. The number of nitrogens with two attached hydrogens (primary N) is 1. The summed E-state index contributed by atoms with van der Waals surface area (Å²) in [5.74, 6) is 5.20. The zero-order valence-corrected chi connectivity index (χ0v) is 10.3. The maximum absolute atomic E-state index is 13.6. The quantitative estimate of drug-likeness (QED) is 0.345. The summed E-state index contributed by atoms with van der Waals surface area (Å²) in [4.78, 5) is 4.29. The monoisotopic (exact) mass is 243 g/mol. The molecule has 1 rings (SSSR count). The molecule has 3 N–H and O–H groups in total. The highest BCUT2D eigenvalue weighted by molar-refractivity contribution is 6.30. The van der Waals surface area contributed by atoms with Crippen LogP contribution in [0.1, 0.15) is 26.3 Å². The van der Waals surface area contributed by atoms with Crippen LogP contribution in [-0.4, -0.2) is 11.4 Å². The molecule has 0 saturated heterocycles. The fourth-order valence-corrected chi connectivity index (χ4v) is 1.35. The van der Waals surface area contributed by atoms with Crippen LogP contribution in [0.3, 0.4) is 0 Å². The van der Waals surface area contributed by atoms with Crippen molar-refractivity contribution in [1.29, 1.82) is 0 Å². The lowest BCUT2D eigenvalue weighted by molar-refractivity contribution is 0.577. The summed E-state index contributed by atoms with van der Waals surface area (Å²) < 4.78 is 13.6. The molecule has 16 heavy (non-hydrogen) atoms. The first-order valence-electron chi connectivity index (χ1n) is 4.85. The molecule has 0 heterocycles. The van der Waals surface area contributed by atoms with Crippen molar-refractivity contribution in [2.45, 2.75) is 26.3 Å². The van der Waals surface area contributed by atoms with Gasteiger partial charge in [0.25, 0.3) is 0 Å². The van der Waals surface area contributed by atoms with E-state index in [4.69, 9.17) is 17.4 Å². The van der Waals surface area contributed by atoms with Crippen LogP contribution in [0.15, 0.2) is 23.2 Å². The molecule has 0 unspecified atom stereocenters. The summed E-state index contributed by atoms with van der Waals surface area (Å²) in [5, 5.41) is 0.341. The summed E-state index contributed by atoms with van der Waals surface area (Å²) in [6.45, 7) is 5.70. The first kappa shape index (κ1) is 12.9. The number of nitrogens with one attached hydrogen (secondary N) is 1. The number of halogens is 2. The van der Waals surface area contributed by atoms with Crippen LogP contribution < -0.4 is 11.3 Å². The summed E-state index contributed by atoms with van der Waals surface area (Å²) in [6, 6.07) is 4.37. The van der Waals surface area contributed by atoms with Gasteiger partial charge in [-0.1, -0.05) is 11.6 Å². The second kappa shape index (κ2) is 4.80. The van der Waals surface area contributed by atoms with Crippen LogP contribution in [0, 0.1) is 5.82 Å². The van der Waals surface area contributed by atoms with Crippen LogP contribution in [-0.2, 0) is 0 Å². The Balaban J connectivity index is 3.19. The third-order valence-corrected chi connectivity index (χ3v) is 2.01. The Labute approximate surface area is 99.5 Å². The standard InChI is InChI=1S/C11H15ClFN3/c1-11(2,3)15-10(16-14)8-5-4-7(12)6-9(8)13/h4-6H,14H2,1-3H3,(H,15,16).